The van der Waals surface area contributed by atoms with Gasteiger partial charge in [0.05, 0.1) is 0 Å². The lowest BCUT2D eigenvalue weighted by molar-refractivity contribution is -0.584. The van der Waals surface area contributed by atoms with Gasteiger partial charge in [-0.3, -0.25) is 0 Å². The predicted octanol–water partition coefficient (Wildman–Crippen LogP) is 2.89. The molecular formula is C17H25F3O6. The average molecular weight is 382 g/mol. The van der Waals surface area contributed by atoms with Gasteiger partial charge in [-0.1, -0.05) is 6.92 Å². The van der Waals surface area contributed by atoms with Crippen molar-refractivity contribution in [2.24, 2.45) is 17.8 Å². The van der Waals surface area contributed by atoms with E-state index < -0.39 is 48.3 Å². The number of fused-ring (bicyclic) bond motifs is 2. The summed E-state index contributed by atoms with van der Waals surface area (Å²) in [6.07, 6.45) is -4.23. The number of aliphatic hydroxyl groups is 1. The maximum Gasteiger partial charge on any atom is 0.411 e. The van der Waals surface area contributed by atoms with Gasteiger partial charge in [0.2, 0.25) is 5.79 Å². The molecule has 2 bridgehead atoms. The summed E-state index contributed by atoms with van der Waals surface area (Å²) in [6.45, 7) is 3.77. The van der Waals surface area contributed by atoms with E-state index in [1.165, 1.54) is 6.92 Å². The molecule has 26 heavy (non-hydrogen) atoms. The first kappa shape index (κ1) is 18.9. The van der Waals surface area contributed by atoms with Crippen LogP contribution in [0.1, 0.15) is 46.5 Å². The van der Waals surface area contributed by atoms with Crippen molar-refractivity contribution in [3.8, 4) is 0 Å². The van der Waals surface area contributed by atoms with Crippen molar-refractivity contribution in [2.45, 2.75) is 82.2 Å². The fourth-order valence-corrected chi connectivity index (χ4v) is 5.26. The monoisotopic (exact) mass is 382 g/mol. The van der Waals surface area contributed by atoms with E-state index in [4.69, 9.17) is 24.0 Å². The predicted molar refractivity (Wildman–Crippen MR) is 80.3 cm³/mol. The van der Waals surface area contributed by atoms with Crippen molar-refractivity contribution in [2.75, 3.05) is 6.61 Å². The normalized spacial score (nSPS) is 53.9. The molecule has 1 unspecified atom stereocenters. The second kappa shape index (κ2) is 5.78. The second-order valence-corrected chi connectivity index (χ2v) is 8.48. The van der Waals surface area contributed by atoms with Crippen molar-refractivity contribution < 1.29 is 42.3 Å². The third kappa shape index (κ3) is 2.70. The van der Waals surface area contributed by atoms with E-state index in [-0.39, 0.29) is 11.8 Å². The summed E-state index contributed by atoms with van der Waals surface area (Å²) in [6, 6.07) is 0. The van der Waals surface area contributed by atoms with Crippen LogP contribution in [-0.2, 0) is 24.0 Å². The second-order valence-electron chi connectivity index (χ2n) is 8.48. The highest BCUT2D eigenvalue weighted by atomic mass is 19.4. The summed E-state index contributed by atoms with van der Waals surface area (Å²) in [5, 5.41) is 11.1. The number of alkyl halides is 3. The molecule has 5 fully saturated rings. The van der Waals surface area contributed by atoms with Gasteiger partial charge in [0, 0.05) is 12.3 Å². The third-order valence-corrected chi connectivity index (χ3v) is 6.55. The Kier molecular flexibility index (Phi) is 4.20. The van der Waals surface area contributed by atoms with Crippen LogP contribution in [0.25, 0.3) is 0 Å². The lowest BCUT2D eigenvalue weighted by Gasteiger charge is -2.62. The fraction of sp³-hybridized carbons (Fsp3) is 1.00. The van der Waals surface area contributed by atoms with E-state index in [0.29, 0.717) is 12.8 Å². The van der Waals surface area contributed by atoms with Crippen molar-refractivity contribution in [1.29, 1.82) is 0 Å². The van der Waals surface area contributed by atoms with E-state index in [0.717, 1.165) is 12.8 Å². The summed E-state index contributed by atoms with van der Waals surface area (Å²) >= 11 is 0. The zero-order chi connectivity index (χ0) is 19.0. The Morgan fingerprint density at radius 1 is 1.15 bits per heavy atom. The highest BCUT2D eigenvalue weighted by Crippen LogP contribution is 2.61. The molecule has 0 aromatic rings. The molecule has 5 rings (SSSR count). The van der Waals surface area contributed by atoms with Crippen LogP contribution in [0.3, 0.4) is 0 Å². The molecule has 0 aromatic carbocycles. The summed E-state index contributed by atoms with van der Waals surface area (Å²) in [4.78, 5) is 11.4. The van der Waals surface area contributed by atoms with Gasteiger partial charge in [-0.25, -0.2) is 9.78 Å². The Bertz CT molecular complexity index is 569. The Morgan fingerprint density at radius 3 is 2.58 bits per heavy atom. The maximum absolute atomic E-state index is 12.6. The minimum atomic E-state index is -4.52. The van der Waals surface area contributed by atoms with Gasteiger partial charge < -0.3 is 19.3 Å². The van der Waals surface area contributed by atoms with Crippen LogP contribution in [0.15, 0.2) is 0 Å². The first-order valence-corrected chi connectivity index (χ1v) is 9.09. The van der Waals surface area contributed by atoms with Crippen LogP contribution < -0.4 is 0 Å². The van der Waals surface area contributed by atoms with Gasteiger partial charge in [0.1, 0.15) is 12.2 Å². The quantitative estimate of drug-likeness (QED) is 0.741. The smallest absolute Gasteiger partial charge is 0.384 e. The zero-order valence-electron chi connectivity index (χ0n) is 15.0. The molecular weight excluding hydrogens is 357 g/mol. The van der Waals surface area contributed by atoms with Crippen molar-refractivity contribution in [3.05, 3.63) is 0 Å². The van der Waals surface area contributed by atoms with E-state index in [1.807, 2.05) is 0 Å². The fourth-order valence-electron chi connectivity index (χ4n) is 5.26. The molecule has 9 heteroatoms. The van der Waals surface area contributed by atoms with E-state index in [1.54, 1.807) is 6.92 Å². The molecule has 4 aliphatic heterocycles. The zero-order valence-corrected chi connectivity index (χ0v) is 15.0. The highest BCUT2D eigenvalue weighted by molar-refractivity contribution is 5.13. The molecule has 4 heterocycles. The molecule has 0 radical (unpaired) electrons. The molecule has 6 nitrogen and oxygen atoms in total. The van der Waals surface area contributed by atoms with Crippen molar-refractivity contribution in [1.82, 2.24) is 0 Å². The van der Waals surface area contributed by atoms with E-state index >= 15 is 0 Å². The summed E-state index contributed by atoms with van der Waals surface area (Å²) in [5.74, 6) is -1.27. The molecule has 0 amide bonds. The SMILES string of the molecule is C[C@@H]1CC[C@@H]2[C@]34OO[C@](C)(CC[C@@H]13)O[C@H]4OC(OCC(F)(F)F)[C@]2(C)O. The molecule has 1 spiro atoms. The Morgan fingerprint density at radius 2 is 1.88 bits per heavy atom. The molecule has 1 aliphatic carbocycles. The van der Waals surface area contributed by atoms with Crippen molar-refractivity contribution >= 4 is 0 Å². The Hall–Kier alpha value is -0.450. The number of hydrogen-bond donors (Lipinski definition) is 1. The van der Waals surface area contributed by atoms with E-state index in [2.05, 4.69) is 6.92 Å². The minimum absolute atomic E-state index is 0.00520. The number of ether oxygens (including phenoxy) is 3. The molecule has 0 aromatic heterocycles. The molecule has 1 N–H and O–H groups in total. The molecule has 4 saturated heterocycles. The van der Waals surface area contributed by atoms with Gasteiger partial charge in [-0.05, 0) is 44.9 Å². The van der Waals surface area contributed by atoms with Crippen LogP contribution in [0, 0.1) is 17.8 Å². The Labute approximate surface area is 149 Å². The Balaban J connectivity index is 1.70. The summed E-state index contributed by atoms with van der Waals surface area (Å²) in [7, 11) is 0. The topological polar surface area (TPSA) is 66.4 Å². The van der Waals surface area contributed by atoms with Crippen molar-refractivity contribution in [3.63, 3.8) is 0 Å². The minimum Gasteiger partial charge on any atom is -0.384 e. The van der Waals surface area contributed by atoms with Gasteiger partial charge in [0.15, 0.2) is 18.2 Å². The number of halogens is 3. The van der Waals surface area contributed by atoms with Crippen LogP contribution in [-0.4, -0.2) is 47.5 Å². The first-order chi connectivity index (χ1) is 12.0. The average Bonchev–Trinajstić information content (AvgIpc) is 2.75. The highest BCUT2D eigenvalue weighted by Gasteiger charge is 2.73. The molecule has 8 atom stereocenters. The lowest BCUT2D eigenvalue weighted by Crippen LogP contribution is -2.75. The molecule has 5 aliphatic rings. The lowest BCUT2D eigenvalue weighted by atomic mass is 9.57. The summed E-state index contributed by atoms with van der Waals surface area (Å²) in [5.41, 5.74) is -2.74. The van der Waals surface area contributed by atoms with Crippen LogP contribution in [0.4, 0.5) is 13.2 Å². The largest absolute Gasteiger partial charge is 0.411 e. The van der Waals surface area contributed by atoms with Gasteiger partial charge >= 0.3 is 6.18 Å². The molecule has 150 valence electrons. The van der Waals surface area contributed by atoms with E-state index in [9.17, 15) is 18.3 Å². The van der Waals surface area contributed by atoms with Gasteiger partial charge in [0.25, 0.3) is 0 Å². The molecule has 1 saturated carbocycles. The first-order valence-electron chi connectivity index (χ1n) is 9.09. The van der Waals surface area contributed by atoms with Crippen LogP contribution in [0.2, 0.25) is 0 Å². The summed E-state index contributed by atoms with van der Waals surface area (Å²) < 4.78 is 54.6. The number of hydrogen-bond acceptors (Lipinski definition) is 6. The standard InChI is InChI=1S/C17H25F3O6/c1-9-4-5-11-15(3,21)12(22-8-16(18,19)20)23-13-17(11)10(9)6-7-14(2,24-13)25-26-17/h9-13,21H,4-8H2,1-3H3/t9-,10+,11+,12?,13-,14-,15-,17-/m1/s1. The number of rotatable bonds is 2. The maximum atomic E-state index is 12.6. The third-order valence-electron chi connectivity index (χ3n) is 6.55. The van der Waals surface area contributed by atoms with Gasteiger partial charge in [-0.2, -0.15) is 13.2 Å². The van der Waals surface area contributed by atoms with Gasteiger partial charge in [-0.15, -0.1) is 0 Å². The van der Waals surface area contributed by atoms with Crippen LogP contribution in [0.5, 0.6) is 0 Å². The van der Waals surface area contributed by atoms with Crippen LogP contribution >= 0.6 is 0 Å².